The van der Waals surface area contributed by atoms with E-state index in [0.717, 1.165) is 6.04 Å². The van der Waals surface area contributed by atoms with E-state index in [0.29, 0.717) is 30.7 Å². The molecule has 2 aromatic carbocycles. The van der Waals surface area contributed by atoms with E-state index in [4.69, 9.17) is 9.47 Å². The van der Waals surface area contributed by atoms with Crippen LogP contribution in [0.2, 0.25) is 25.7 Å². The van der Waals surface area contributed by atoms with Crippen molar-refractivity contribution in [3.05, 3.63) is 48.0 Å². The molecule has 0 bridgehead atoms. The molecule has 10 nitrogen and oxygen atoms in total. The summed E-state index contributed by atoms with van der Waals surface area (Å²) in [6.07, 6.45) is 0.651. The largest absolute Gasteiger partial charge is 0.488 e. The third kappa shape index (κ3) is 8.58. The van der Waals surface area contributed by atoms with E-state index >= 15 is 0 Å². The highest BCUT2D eigenvalue weighted by atomic mass is 32.2. The third-order valence-corrected chi connectivity index (χ3v) is 10.0. The molecule has 1 saturated carbocycles. The normalized spacial score (nSPS) is 13.5. The fourth-order valence-electron chi connectivity index (χ4n) is 3.60. The van der Waals surface area contributed by atoms with Gasteiger partial charge in [0.25, 0.3) is 5.91 Å². The summed E-state index contributed by atoms with van der Waals surface area (Å²) in [7, 11) is -5.06. The molecule has 0 saturated heterocycles. The van der Waals surface area contributed by atoms with E-state index in [2.05, 4.69) is 25.0 Å². The number of rotatable bonds is 12. The van der Waals surface area contributed by atoms with Gasteiger partial charge in [-0.15, -0.1) is 0 Å². The van der Waals surface area contributed by atoms with E-state index < -0.39 is 42.3 Å². The minimum absolute atomic E-state index is 0.0104. The molecular formula is C25H35BN2O8SSi. The van der Waals surface area contributed by atoms with Crippen LogP contribution in [-0.2, 0) is 25.9 Å². The zero-order chi connectivity index (χ0) is 28.1. The second kappa shape index (κ2) is 12.3. The monoisotopic (exact) mass is 562 g/mol. The molecule has 3 N–H and O–H groups in total. The van der Waals surface area contributed by atoms with Gasteiger partial charge in [0, 0.05) is 20.8 Å². The number of ether oxygens (including phenoxy) is 2. The van der Waals surface area contributed by atoms with Gasteiger partial charge in [0.15, 0.2) is 16.4 Å². The lowest BCUT2D eigenvalue weighted by molar-refractivity contribution is -0.118. The highest BCUT2D eigenvalue weighted by Gasteiger charge is 2.38. The number of hydrogen-bond acceptors (Lipinski definition) is 8. The van der Waals surface area contributed by atoms with Gasteiger partial charge < -0.3 is 29.7 Å². The SMILES string of the molecule is CN(Cc1cc(NC(=O)COc2cccc(B(O)O)c2)ccc1S(=O)(=O)C1CC1)C(=O)OCC[Si](C)(C)C. The average molecular weight is 563 g/mol. The number of sulfone groups is 1. The quantitative estimate of drug-likeness (QED) is 0.335. The fourth-order valence-corrected chi connectivity index (χ4v) is 6.18. The minimum Gasteiger partial charge on any atom is -0.484 e. The first kappa shape index (κ1) is 29.7. The first-order valence-corrected chi connectivity index (χ1v) is 17.6. The molecular weight excluding hydrogens is 527 g/mol. The van der Waals surface area contributed by atoms with Gasteiger partial charge in [-0.1, -0.05) is 31.8 Å². The highest BCUT2D eigenvalue weighted by Crippen LogP contribution is 2.36. The molecule has 206 valence electrons. The first-order valence-electron chi connectivity index (χ1n) is 12.4. The smallest absolute Gasteiger partial charge is 0.484 e. The summed E-state index contributed by atoms with van der Waals surface area (Å²) in [5.41, 5.74) is 0.955. The van der Waals surface area contributed by atoms with Crippen molar-refractivity contribution in [1.82, 2.24) is 4.90 Å². The average Bonchev–Trinajstić information content (AvgIpc) is 3.68. The van der Waals surface area contributed by atoms with Crippen LogP contribution in [0.1, 0.15) is 18.4 Å². The van der Waals surface area contributed by atoms with Gasteiger partial charge >= 0.3 is 13.2 Å². The van der Waals surface area contributed by atoms with E-state index in [1.165, 1.54) is 29.2 Å². The highest BCUT2D eigenvalue weighted by molar-refractivity contribution is 7.92. The first-order chi connectivity index (χ1) is 17.8. The van der Waals surface area contributed by atoms with Crippen molar-refractivity contribution in [3.63, 3.8) is 0 Å². The van der Waals surface area contributed by atoms with Gasteiger partial charge in [-0.05, 0) is 60.2 Å². The molecule has 0 aromatic heterocycles. The molecule has 3 rings (SSSR count). The molecule has 2 aromatic rings. The number of hydrogen-bond donors (Lipinski definition) is 3. The van der Waals surface area contributed by atoms with Crippen LogP contribution in [0.3, 0.4) is 0 Å². The van der Waals surface area contributed by atoms with Crippen LogP contribution in [0.15, 0.2) is 47.4 Å². The topological polar surface area (TPSA) is 142 Å². The number of amides is 2. The van der Waals surface area contributed by atoms with Crippen LogP contribution < -0.4 is 15.5 Å². The Morgan fingerprint density at radius 3 is 2.47 bits per heavy atom. The maximum atomic E-state index is 13.0. The molecule has 0 heterocycles. The van der Waals surface area contributed by atoms with Gasteiger partial charge in [0.1, 0.15) is 5.75 Å². The summed E-state index contributed by atoms with van der Waals surface area (Å²) < 4.78 is 36.9. The van der Waals surface area contributed by atoms with E-state index in [9.17, 15) is 28.1 Å². The Morgan fingerprint density at radius 2 is 1.84 bits per heavy atom. The molecule has 1 aliphatic carbocycles. The number of carbonyl (C=O) groups is 2. The van der Waals surface area contributed by atoms with Gasteiger partial charge in [0.2, 0.25) is 0 Å². The van der Waals surface area contributed by atoms with Crippen LogP contribution in [0.25, 0.3) is 0 Å². The predicted octanol–water partition coefficient (Wildman–Crippen LogP) is 2.23. The minimum atomic E-state index is -3.56. The van der Waals surface area contributed by atoms with Crippen molar-refractivity contribution in [3.8, 4) is 5.75 Å². The summed E-state index contributed by atoms with van der Waals surface area (Å²) in [5, 5.41) is 20.8. The Hall–Kier alpha value is -2.87. The van der Waals surface area contributed by atoms with Gasteiger partial charge in [-0.2, -0.15) is 0 Å². The molecule has 2 amide bonds. The zero-order valence-electron chi connectivity index (χ0n) is 22.1. The Balaban J connectivity index is 1.71. The Bertz CT molecular complexity index is 1260. The van der Waals surface area contributed by atoms with Gasteiger partial charge in [0.05, 0.1) is 23.3 Å². The molecule has 1 fully saturated rings. The summed E-state index contributed by atoms with van der Waals surface area (Å²) in [4.78, 5) is 26.5. The molecule has 0 spiro atoms. The fraction of sp³-hybridized carbons (Fsp3) is 0.440. The molecule has 0 aliphatic heterocycles. The van der Waals surface area contributed by atoms with Gasteiger partial charge in [-0.25, -0.2) is 13.2 Å². The maximum absolute atomic E-state index is 13.0. The second-order valence-corrected chi connectivity index (χ2v) is 18.4. The summed E-state index contributed by atoms with van der Waals surface area (Å²) in [6.45, 7) is 6.49. The number of anilines is 1. The Morgan fingerprint density at radius 1 is 1.13 bits per heavy atom. The lowest BCUT2D eigenvalue weighted by Gasteiger charge is -2.21. The molecule has 38 heavy (non-hydrogen) atoms. The third-order valence-electron chi connectivity index (χ3n) is 5.94. The molecule has 0 radical (unpaired) electrons. The van der Waals surface area contributed by atoms with Crippen molar-refractivity contribution in [2.45, 2.75) is 55.2 Å². The van der Waals surface area contributed by atoms with Crippen LogP contribution in [-0.4, -0.2) is 76.1 Å². The molecule has 13 heteroatoms. The van der Waals surface area contributed by atoms with Crippen LogP contribution in [0, 0.1) is 0 Å². The van der Waals surface area contributed by atoms with Crippen molar-refractivity contribution >= 4 is 48.2 Å². The molecule has 0 atom stereocenters. The molecule has 1 aliphatic rings. The number of benzene rings is 2. The second-order valence-electron chi connectivity index (χ2n) is 10.6. The summed E-state index contributed by atoms with van der Waals surface area (Å²) in [5.74, 6) is -0.214. The predicted molar refractivity (Wildman–Crippen MR) is 148 cm³/mol. The number of nitrogens with zero attached hydrogens (tertiary/aromatic N) is 1. The Kier molecular flexibility index (Phi) is 9.63. The van der Waals surface area contributed by atoms with Gasteiger partial charge in [-0.3, -0.25) is 4.79 Å². The summed E-state index contributed by atoms with van der Waals surface area (Å²) >= 11 is 0. The standard InChI is InChI=1S/C25H35BN2O8SSi/c1-28(25(30)35-12-13-38(2,3)4)16-18-14-20(8-11-23(18)37(33,34)22-9-10-22)27-24(29)17-36-21-7-5-6-19(15-21)26(31)32/h5-8,11,14-15,22,31-32H,9-10,12-13,16-17H2,1-4H3,(H,27,29). The maximum Gasteiger partial charge on any atom is 0.488 e. The van der Waals surface area contributed by atoms with Crippen LogP contribution in [0.4, 0.5) is 10.5 Å². The number of nitrogens with one attached hydrogen (secondary N) is 1. The van der Waals surface area contributed by atoms with Crippen molar-refractivity contribution < 1.29 is 37.5 Å². The lowest BCUT2D eigenvalue weighted by Crippen LogP contribution is -2.30. The van der Waals surface area contributed by atoms with E-state index in [1.54, 1.807) is 25.2 Å². The van der Waals surface area contributed by atoms with E-state index in [1.807, 2.05) is 0 Å². The number of carbonyl (C=O) groups excluding carboxylic acids is 2. The van der Waals surface area contributed by atoms with Crippen LogP contribution >= 0.6 is 0 Å². The van der Waals surface area contributed by atoms with E-state index in [-0.39, 0.29) is 29.3 Å². The van der Waals surface area contributed by atoms with Crippen molar-refractivity contribution in [1.29, 1.82) is 0 Å². The van der Waals surface area contributed by atoms with Crippen molar-refractivity contribution in [2.24, 2.45) is 0 Å². The van der Waals surface area contributed by atoms with Crippen molar-refractivity contribution in [2.75, 3.05) is 25.6 Å². The Labute approximate surface area is 225 Å². The van der Waals surface area contributed by atoms with Crippen LogP contribution in [0.5, 0.6) is 5.75 Å². The zero-order valence-corrected chi connectivity index (χ0v) is 24.0. The summed E-state index contributed by atoms with van der Waals surface area (Å²) in [6, 6.07) is 11.4. The lowest BCUT2D eigenvalue weighted by atomic mass is 9.80. The molecule has 0 unspecified atom stereocenters.